The Bertz CT molecular complexity index is 2840. The highest BCUT2D eigenvalue weighted by atomic mass is 19.1. The molecule has 3 saturated heterocycles. The molecule has 1 spiro atoms. The normalized spacial score (nSPS) is 21.0. The van der Waals surface area contributed by atoms with E-state index in [1.165, 1.54) is 24.3 Å². The summed E-state index contributed by atoms with van der Waals surface area (Å²) in [5.41, 5.74) is 2.85. The van der Waals surface area contributed by atoms with Gasteiger partial charge in [0, 0.05) is 97.8 Å². The van der Waals surface area contributed by atoms with Crippen LogP contribution < -0.4 is 30.9 Å². The summed E-state index contributed by atoms with van der Waals surface area (Å²) in [6.45, 7) is 4.71. The summed E-state index contributed by atoms with van der Waals surface area (Å²) in [5, 5.41) is 33.9. The lowest BCUT2D eigenvalue weighted by molar-refractivity contribution is -0.122. The molecule has 5 aliphatic rings. The van der Waals surface area contributed by atoms with Gasteiger partial charge in [-0.15, -0.1) is 6.42 Å². The minimum atomic E-state index is -0.733. The number of ether oxygens (including phenoxy) is 1. The number of piperidine rings is 1. The molecule has 3 aliphatic heterocycles. The average Bonchev–Trinajstić information content (AvgIpc) is 4.02. The van der Waals surface area contributed by atoms with Crippen molar-refractivity contribution in [3.05, 3.63) is 71.4 Å². The lowest BCUT2D eigenvalue weighted by Gasteiger charge is -2.53. The number of aromatic hydroxyl groups is 1. The van der Waals surface area contributed by atoms with E-state index in [2.05, 4.69) is 42.0 Å². The van der Waals surface area contributed by atoms with E-state index < -0.39 is 17.6 Å². The van der Waals surface area contributed by atoms with Crippen LogP contribution in [0.3, 0.4) is 0 Å². The number of phenols is 1. The lowest BCUT2D eigenvalue weighted by Crippen LogP contribution is -2.52. The molecule has 1 amide bonds. The van der Waals surface area contributed by atoms with E-state index in [1.54, 1.807) is 13.2 Å². The Balaban J connectivity index is 0.809. The standard InChI is InChI=1S/C52H58F2N10O4/c1-4-36-41(53)12-7-30-20-35(66)22-39(43(30)36)46-44(54)47-40(25-58-46)48(64-26-32-8-9-33(27-64)60-32)62-50(61-47)68-29-52(13-14-52)28-63-17-15-51(16-18-63)23-34(24-51)59-31-10-11-37(42(21-31)56-2)45(55)38(6-5-19-65)49(67)57-3/h1,7,10-12,19-22,25,32-34,38,55-56,59-60,66H,5-6,8-9,13-18,23-24,26-29H2,2-3H3,(H,57,67). The van der Waals surface area contributed by atoms with Crippen molar-refractivity contribution in [2.75, 3.05) is 69.0 Å². The van der Waals surface area contributed by atoms with Crippen molar-refractivity contribution in [3.8, 4) is 35.4 Å². The summed E-state index contributed by atoms with van der Waals surface area (Å²) in [7, 11) is 3.35. The third-order valence-electron chi connectivity index (χ3n) is 15.3. The second-order valence-electron chi connectivity index (χ2n) is 19.9. The quantitative estimate of drug-likeness (QED) is 0.0339. The first-order valence-corrected chi connectivity index (χ1v) is 23.9. The van der Waals surface area contributed by atoms with Gasteiger partial charge in [0.2, 0.25) is 5.91 Å². The van der Waals surface area contributed by atoms with E-state index >= 15 is 8.78 Å². The smallest absolute Gasteiger partial charge is 0.319 e. The van der Waals surface area contributed by atoms with Gasteiger partial charge in [0.25, 0.3) is 0 Å². The van der Waals surface area contributed by atoms with E-state index in [9.17, 15) is 14.7 Å². The zero-order valence-corrected chi connectivity index (χ0v) is 38.6. The summed E-state index contributed by atoms with van der Waals surface area (Å²) >= 11 is 0. The Morgan fingerprint density at radius 2 is 1.84 bits per heavy atom. The second kappa shape index (κ2) is 18.2. The molecular formula is C52H58F2N10O4. The second-order valence-corrected chi connectivity index (χ2v) is 19.9. The van der Waals surface area contributed by atoms with Crippen LogP contribution in [0.4, 0.5) is 26.0 Å². The number of anilines is 3. The van der Waals surface area contributed by atoms with E-state index in [0.717, 1.165) is 88.7 Å². The molecule has 2 saturated carbocycles. The predicted molar refractivity (Wildman–Crippen MR) is 260 cm³/mol. The Kier molecular flexibility index (Phi) is 12.2. The third-order valence-corrected chi connectivity index (χ3v) is 15.3. The first-order chi connectivity index (χ1) is 32.9. The molecule has 14 nitrogen and oxygen atoms in total. The van der Waals surface area contributed by atoms with Crippen LogP contribution in [0.25, 0.3) is 32.9 Å². The zero-order valence-electron chi connectivity index (χ0n) is 38.6. The molecule has 354 valence electrons. The number of carbonyl (C=O) groups is 2. The third kappa shape index (κ3) is 8.66. The van der Waals surface area contributed by atoms with Crippen molar-refractivity contribution in [1.29, 1.82) is 5.41 Å². The van der Waals surface area contributed by atoms with Crippen molar-refractivity contribution in [2.45, 2.75) is 82.3 Å². The number of likely N-dealkylation sites (tertiary alicyclic amines) is 1. The molecule has 6 N–H and O–H groups in total. The van der Waals surface area contributed by atoms with Crippen molar-refractivity contribution < 1.29 is 28.2 Å². The summed E-state index contributed by atoms with van der Waals surface area (Å²) < 4.78 is 38.7. The van der Waals surface area contributed by atoms with Gasteiger partial charge in [-0.3, -0.25) is 9.78 Å². The molecule has 3 aromatic carbocycles. The molecule has 10 rings (SSSR count). The molecule has 2 aromatic heterocycles. The fraction of sp³-hybridized carbons (Fsp3) is 0.462. The topological polar surface area (TPSA) is 181 Å². The zero-order chi connectivity index (χ0) is 47.3. The van der Waals surface area contributed by atoms with Gasteiger partial charge in [0.05, 0.1) is 29.2 Å². The Hall–Kier alpha value is -6.44. The molecule has 0 radical (unpaired) electrons. The number of nitrogens with one attached hydrogen (secondary N) is 5. The minimum absolute atomic E-state index is 0.0360. The van der Waals surface area contributed by atoms with Gasteiger partial charge in [-0.25, -0.2) is 8.78 Å². The summed E-state index contributed by atoms with van der Waals surface area (Å²) in [4.78, 5) is 42.6. The number of pyridine rings is 1. The van der Waals surface area contributed by atoms with Gasteiger partial charge < -0.3 is 51.1 Å². The SMILES string of the molecule is C#Cc1c(F)ccc2cc(O)cc(-c3ncc4c(N5CC6CCC(C5)N6)nc(OCC5(CN6CCC7(CC6)CC(Nc6ccc(C(=N)C(CCC=O)C(=O)NC)c(NC)c6)C7)CC5)nc4c3F)c12. The molecule has 16 heteroatoms. The number of benzene rings is 3. The maximum Gasteiger partial charge on any atom is 0.319 e. The molecular weight excluding hydrogens is 867 g/mol. The van der Waals surface area contributed by atoms with Gasteiger partial charge in [0.1, 0.15) is 34.9 Å². The van der Waals surface area contributed by atoms with E-state index in [1.807, 2.05) is 25.2 Å². The minimum Gasteiger partial charge on any atom is -0.508 e. The number of piperazine rings is 1. The number of hydrogen-bond acceptors (Lipinski definition) is 13. The molecule has 3 atom stereocenters. The van der Waals surface area contributed by atoms with Gasteiger partial charge in [-0.2, -0.15) is 9.97 Å². The number of aromatic nitrogens is 3. The average molecular weight is 925 g/mol. The van der Waals surface area contributed by atoms with Crippen LogP contribution in [0.15, 0.2) is 48.7 Å². The number of aldehydes is 1. The van der Waals surface area contributed by atoms with Crippen LogP contribution in [-0.4, -0.2) is 114 Å². The molecule has 2 bridgehead atoms. The highest BCUT2D eigenvalue weighted by Gasteiger charge is 2.49. The lowest BCUT2D eigenvalue weighted by atomic mass is 9.60. The Morgan fingerprint density at radius 3 is 2.53 bits per heavy atom. The van der Waals surface area contributed by atoms with E-state index in [-0.39, 0.29) is 69.4 Å². The van der Waals surface area contributed by atoms with Gasteiger partial charge in [-0.1, -0.05) is 12.0 Å². The van der Waals surface area contributed by atoms with Gasteiger partial charge in [-0.05, 0) is 118 Å². The van der Waals surface area contributed by atoms with Crippen molar-refractivity contribution in [3.63, 3.8) is 0 Å². The van der Waals surface area contributed by atoms with Crippen LogP contribution in [0.2, 0.25) is 0 Å². The number of amides is 1. The molecule has 2 aliphatic carbocycles. The molecule has 5 heterocycles. The van der Waals surface area contributed by atoms with Gasteiger partial charge >= 0.3 is 6.01 Å². The van der Waals surface area contributed by atoms with Crippen molar-refractivity contribution >= 4 is 56.8 Å². The predicted octanol–water partition coefficient (Wildman–Crippen LogP) is 7.02. The van der Waals surface area contributed by atoms with Gasteiger partial charge in [0.15, 0.2) is 5.82 Å². The fourth-order valence-electron chi connectivity index (χ4n) is 11.5. The number of hydrogen-bond donors (Lipinski definition) is 6. The highest BCUT2D eigenvalue weighted by molar-refractivity contribution is 6.14. The molecule has 5 fully saturated rings. The van der Waals surface area contributed by atoms with Crippen LogP contribution in [0.1, 0.15) is 75.3 Å². The highest BCUT2D eigenvalue weighted by Crippen LogP contribution is 2.52. The van der Waals surface area contributed by atoms with Crippen LogP contribution >= 0.6 is 0 Å². The molecule has 5 aromatic rings. The summed E-state index contributed by atoms with van der Waals surface area (Å²) in [6.07, 6.45) is 17.1. The van der Waals surface area contributed by atoms with E-state index in [4.69, 9.17) is 26.5 Å². The molecule has 68 heavy (non-hydrogen) atoms. The van der Waals surface area contributed by atoms with Crippen LogP contribution in [-0.2, 0) is 9.59 Å². The number of nitrogens with zero attached hydrogens (tertiary/aromatic N) is 5. The number of rotatable bonds is 16. The first kappa shape index (κ1) is 45.3. The monoisotopic (exact) mass is 924 g/mol. The summed E-state index contributed by atoms with van der Waals surface area (Å²) in [6, 6.07) is 12.4. The number of halogens is 2. The van der Waals surface area contributed by atoms with Crippen LogP contribution in [0, 0.1) is 46.1 Å². The van der Waals surface area contributed by atoms with Crippen LogP contribution in [0.5, 0.6) is 11.8 Å². The largest absolute Gasteiger partial charge is 0.508 e. The number of phenolic OH excluding ortho intramolecular Hbond substituents is 1. The maximum atomic E-state index is 17.1. The van der Waals surface area contributed by atoms with Crippen molar-refractivity contribution in [2.24, 2.45) is 16.7 Å². The molecule has 3 unspecified atom stereocenters. The summed E-state index contributed by atoms with van der Waals surface area (Å²) in [5.74, 6) is 0.496. The number of fused-ring (bicyclic) bond motifs is 4. The van der Waals surface area contributed by atoms with Crippen molar-refractivity contribution in [1.82, 2.24) is 30.5 Å². The fourth-order valence-corrected chi connectivity index (χ4v) is 11.5. The Morgan fingerprint density at radius 1 is 1.07 bits per heavy atom. The number of terminal acetylenes is 1. The van der Waals surface area contributed by atoms with E-state index in [0.29, 0.717) is 65.4 Å². The maximum absolute atomic E-state index is 17.1. The Labute approximate surface area is 394 Å². The number of carbonyl (C=O) groups excluding carboxylic acids is 2. The first-order valence-electron chi connectivity index (χ1n) is 23.9.